The molecular weight excluding hydrogens is 330 g/mol. The predicted octanol–water partition coefficient (Wildman–Crippen LogP) is 4.34. The molecule has 0 radical (unpaired) electrons. The number of hydrogen-bond acceptors (Lipinski definition) is 4. The fraction of sp³-hybridized carbons (Fsp3) is 0.190. The van der Waals surface area contributed by atoms with Gasteiger partial charge in [0.2, 0.25) is 0 Å². The number of methoxy groups -OCH3 is 1. The summed E-state index contributed by atoms with van der Waals surface area (Å²) in [6.45, 7) is 3.92. The SMILES string of the molecule is CCOC(=O)c1cc(-c2ccc(OC)cc2)n(-c2ccccc2O)c1C. The summed E-state index contributed by atoms with van der Waals surface area (Å²) in [5, 5.41) is 10.3. The van der Waals surface area contributed by atoms with Crippen LogP contribution in [0.2, 0.25) is 0 Å². The van der Waals surface area contributed by atoms with Gasteiger partial charge in [0.1, 0.15) is 11.5 Å². The van der Waals surface area contributed by atoms with Crippen molar-refractivity contribution in [3.8, 4) is 28.4 Å². The van der Waals surface area contributed by atoms with Crippen LogP contribution in [0.3, 0.4) is 0 Å². The molecule has 0 atom stereocenters. The lowest BCUT2D eigenvalue weighted by Gasteiger charge is -2.14. The summed E-state index contributed by atoms with van der Waals surface area (Å²) in [6, 6.07) is 16.4. The van der Waals surface area contributed by atoms with Gasteiger partial charge in [-0.1, -0.05) is 12.1 Å². The summed E-state index contributed by atoms with van der Waals surface area (Å²) in [5.74, 6) is 0.502. The van der Waals surface area contributed by atoms with E-state index in [1.165, 1.54) is 0 Å². The molecule has 0 saturated heterocycles. The first-order valence-corrected chi connectivity index (χ1v) is 8.39. The Morgan fingerprint density at radius 3 is 2.42 bits per heavy atom. The average Bonchev–Trinajstić information content (AvgIpc) is 3.00. The Hall–Kier alpha value is -3.21. The molecule has 0 unspecified atom stereocenters. The van der Waals surface area contributed by atoms with E-state index in [0.29, 0.717) is 23.6 Å². The number of nitrogens with zero attached hydrogens (tertiary/aromatic N) is 1. The van der Waals surface area contributed by atoms with Crippen LogP contribution in [0.25, 0.3) is 16.9 Å². The van der Waals surface area contributed by atoms with Crippen molar-refractivity contribution in [3.63, 3.8) is 0 Å². The normalized spacial score (nSPS) is 10.6. The minimum atomic E-state index is -0.381. The number of carbonyl (C=O) groups is 1. The number of hydrogen-bond donors (Lipinski definition) is 1. The lowest BCUT2D eigenvalue weighted by atomic mass is 10.1. The minimum Gasteiger partial charge on any atom is -0.506 e. The van der Waals surface area contributed by atoms with Crippen molar-refractivity contribution >= 4 is 5.97 Å². The van der Waals surface area contributed by atoms with E-state index in [4.69, 9.17) is 9.47 Å². The molecule has 1 heterocycles. The van der Waals surface area contributed by atoms with Gasteiger partial charge in [-0.25, -0.2) is 4.79 Å². The fourth-order valence-corrected chi connectivity index (χ4v) is 2.96. The number of phenols is 1. The van der Waals surface area contributed by atoms with E-state index < -0.39 is 0 Å². The maximum absolute atomic E-state index is 12.4. The van der Waals surface area contributed by atoms with Gasteiger partial charge >= 0.3 is 5.97 Å². The second kappa shape index (κ2) is 7.35. The van der Waals surface area contributed by atoms with Crippen LogP contribution in [-0.2, 0) is 4.74 Å². The third kappa shape index (κ3) is 3.16. The Kier molecular flexibility index (Phi) is 4.98. The van der Waals surface area contributed by atoms with Crippen LogP contribution in [-0.4, -0.2) is 29.4 Å². The molecule has 134 valence electrons. The number of aromatic hydroxyl groups is 1. The van der Waals surface area contributed by atoms with Crippen LogP contribution in [0.4, 0.5) is 0 Å². The number of benzene rings is 2. The number of rotatable bonds is 5. The van der Waals surface area contributed by atoms with Crippen molar-refractivity contribution in [2.75, 3.05) is 13.7 Å². The second-order valence-corrected chi connectivity index (χ2v) is 5.80. The van der Waals surface area contributed by atoms with Crippen LogP contribution >= 0.6 is 0 Å². The number of phenolic OH excluding ortho intramolecular Hbond substituents is 1. The first-order chi connectivity index (χ1) is 12.6. The van der Waals surface area contributed by atoms with Crippen molar-refractivity contribution in [3.05, 3.63) is 65.9 Å². The van der Waals surface area contributed by atoms with Crippen molar-refractivity contribution in [1.29, 1.82) is 0 Å². The largest absolute Gasteiger partial charge is 0.506 e. The topological polar surface area (TPSA) is 60.7 Å². The summed E-state index contributed by atoms with van der Waals surface area (Å²) in [7, 11) is 1.61. The van der Waals surface area contributed by atoms with E-state index in [-0.39, 0.29) is 11.7 Å². The molecule has 0 saturated carbocycles. The summed E-state index contributed by atoms with van der Waals surface area (Å²) in [4.78, 5) is 12.4. The highest BCUT2D eigenvalue weighted by molar-refractivity contribution is 5.93. The van der Waals surface area contributed by atoms with E-state index in [9.17, 15) is 9.90 Å². The molecule has 1 N–H and O–H groups in total. The van der Waals surface area contributed by atoms with Gasteiger partial charge in [0.05, 0.1) is 30.7 Å². The zero-order chi connectivity index (χ0) is 18.7. The highest BCUT2D eigenvalue weighted by atomic mass is 16.5. The number of carbonyl (C=O) groups excluding carboxylic acids is 1. The molecule has 0 bridgehead atoms. The maximum atomic E-state index is 12.4. The molecular formula is C21H21NO4. The maximum Gasteiger partial charge on any atom is 0.339 e. The highest BCUT2D eigenvalue weighted by Crippen LogP contribution is 2.34. The molecule has 5 heteroatoms. The molecule has 0 amide bonds. The van der Waals surface area contributed by atoms with Crippen LogP contribution in [0.5, 0.6) is 11.5 Å². The molecule has 1 aromatic heterocycles. The van der Waals surface area contributed by atoms with Crippen molar-refractivity contribution in [2.24, 2.45) is 0 Å². The van der Waals surface area contributed by atoms with Gasteiger partial charge in [-0.15, -0.1) is 0 Å². The third-order valence-electron chi connectivity index (χ3n) is 4.25. The molecule has 0 aliphatic carbocycles. The molecule has 0 aliphatic heterocycles. The van der Waals surface area contributed by atoms with Gasteiger partial charge in [-0.2, -0.15) is 0 Å². The van der Waals surface area contributed by atoms with E-state index in [0.717, 1.165) is 17.0 Å². The van der Waals surface area contributed by atoms with Crippen molar-refractivity contribution in [1.82, 2.24) is 4.57 Å². The van der Waals surface area contributed by atoms with Crippen LogP contribution < -0.4 is 4.74 Å². The van der Waals surface area contributed by atoms with E-state index in [2.05, 4.69) is 0 Å². The summed E-state index contributed by atoms with van der Waals surface area (Å²) in [6.07, 6.45) is 0. The molecule has 3 rings (SSSR count). The smallest absolute Gasteiger partial charge is 0.339 e. The lowest BCUT2D eigenvalue weighted by molar-refractivity contribution is 0.0525. The zero-order valence-corrected chi connectivity index (χ0v) is 15.0. The quantitative estimate of drug-likeness (QED) is 0.695. The van der Waals surface area contributed by atoms with Gasteiger partial charge in [0.25, 0.3) is 0 Å². The minimum absolute atomic E-state index is 0.136. The van der Waals surface area contributed by atoms with Gasteiger partial charge < -0.3 is 19.1 Å². The molecule has 2 aromatic carbocycles. The van der Waals surface area contributed by atoms with Crippen LogP contribution in [0.1, 0.15) is 23.0 Å². The fourth-order valence-electron chi connectivity index (χ4n) is 2.96. The summed E-state index contributed by atoms with van der Waals surface area (Å²) in [5.41, 5.74) is 3.46. The Morgan fingerprint density at radius 2 is 1.81 bits per heavy atom. The number of ether oxygens (including phenoxy) is 2. The number of esters is 1. The molecule has 5 nitrogen and oxygen atoms in total. The summed E-state index contributed by atoms with van der Waals surface area (Å²) >= 11 is 0. The second-order valence-electron chi connectivity index (χ2n) is 5.80. The Labute approximate surface area is 152 Å². The Balaban J connectivity index is 2.22. The molecule has 0 spiro atoms. The molecule has 0 fully saturated rings. The van der Waals surface area contributed by atoms with E-state index in [1.807, 2.05) is 47.9 Å². The average molecular weight is 351 g/mol. The highest BCUT2D eigenvalue weighted by Gasteiger charge is 2.21. The van der Waals surface area contributed by atoms with Crippen LogP contribution in [0.15, 0.2) is 54.6 Å². The zero-order valence-electron chi connectivity index (χ0n) is 15.0. The summed E-state index contributed by atoms with van der Waals surface area (Å²) < 4.78 is 12.3. The predicted molar refractivity (Wildman–Crippen MR) is 100 cm³/mol. The first-order valence-electron chi connectivity index (χ1n) is 8.39. The number of para-hydroxylation sites is 2. The van der Waals surface area contributed by atoms with Gasteiger partial charge in [0.15, 0.2) is 0 Å². The standard InChI is InChI=1S/C21H21NO4/c1-4-26-21(24)17-13-19(15-9-11-16(25-3)12-10-15)22(14(17)2)18-7-5-6-8-20(18)23/h5-13,23H,4H2,1-3H3. The number of aromatic nitrogens is 1. The monoisotopic (exact) mass is 351 g/mol. The van der Waals surface area contributed by atoms with E-state index >= 15 is 0 Å². The Morgan fingerprint density at radius 1 is 1.12 bits per heavy atom. The van der Waals surface area contributed by atoms with Crippen LogP contribution in [0, 0.1) is 6.92 Å². The van der Waals surface area contributed by atoms with E-state index in [1.54, 1.807) is 32.2 Å². The molecule has 3 aromatic rings. The van der Waals surface area contributed by atoms with Gasteiger partial charge in [-0.3, -0.25) is 0 Å². The molecule has 26 heavy (non-hydrogen) atoms. The Bertz CT molecular complexity index is 926. The van der Waals surface area contributed by atoms with Gasteiger partial charge in [-0.05, 0) is 61.9 Å². The van der Waals surface area contributed by atoms with Gasteiger partial charge in [0, 0.05) is 5.69 Å². The third-order valence-corrected chi connectivity index (χ3v) is 4.25. The van der Waals surface area contributed by atoms with Crippen molar-refractivity contribution in [2.45, 2.75) is 13.8 Å². The first kappa shape index (κ1) is 17.6. The van der Waals surface area contributed by atoms with Crippen molar-refractivity contribution < 1.29 is 19.4 Å². The molecule has 0 aliphatic rings. The lowest BCUT2D eigenvalue weighted by Crippen LogP contribution is -2.07.